The normalized spacial score (nSPS) is 25.4. The van der Waals surface area contributed by atoms with Gasteiger partial charge in [0.15, 0.2) is 0 Å². The summed E-state index contributed by atoms with van der Waals surface area (Å²) in [5, 5.41) is 0. The molecule has 1 aliphatic rings. The van der Waals surface area contributed by atoms with Gasteiger partial charge in [-0.05, 0) is 12.8 Å². The Morgan fingerprint density at radius 1 is 1.22 bits per heavy atom. The predicted octanol–water partition coefficient (Wildman–Crippen LogP) is 2.13. The summed E-state index contributed by atoms with van der Waals surface area (Å²) in [5.41, 5.74) is 0. The topological polar surface area (TPSA) is 17.1 Å². The highest BCUT2D eigenvalue weighted by atomic mass is 35.5. The van der Waals surface area contributed by atoms with Crippen molar-refractivity contribution < 1.29 is 4.79 Å². The number of carbonyl (C=O) groups is 1. The van der Waals surface area contributed by atoms with E-state index in [-0.39, 0.29) is 0 Å². The van der Waals surface area contributed by atoms with Crippen molar-refractivity contribution >= 4 is 17.9 Å². The number of alkyl halides is 1. The lowest BCUT2D eigenvalue weighted by molar-refractivity contribution is -0.110. The lowest BCUT2D eigenvalue weighted by Gasteiger charge is -2.24. The second-order valence-electron chi connectivity index (χ2n) is 2.71. The van der Waals surface area contributed by atoms with E-state index in [1.165, 1.54) is 6.42 Å². The molecule has 1 saturated carbocycles. The van der Waals surface area contributed by atoms with Gasteiger partial charge in [-0.15, -0.1) is 11.6 Å². The molecule has 0 amide bonds. The number of halogens is 1. The van der Waals surface area contributed by atoms with Crippen LogP contribution in [-0.2, 0) is 4.79 Å². The minimum Gasteiger partial charge on any atom is -0.301 e. The smallest absolute Gasteiger partial charge is 0.140 e. The standard InChI is InChI=1S/C7H11ClO/c8-7(6-9)4-2-1-3-5-7/h6H,1-5H2. The van der Waals surface area contributed by atoms with Gasteiger partial charge in [0.1, 0.15) is 6.29 Å². The van der Waals surface area contributed by atoms with Crippen molar-refractivity contribution in [2.45, 2.75) is 37.0 Å². The average Bonchev–Trinajstić information content (AvgIpc) is 1.90. The second kappa shape index (κ2) is 2.70. The maximum absolute atomic E-state index is 10.3. The van der Waals surface area contributed by atoms with Gasteiger partial charge in [-0.2, -0.15) is 0 Å². The molecule has 0 aromatic carbocycles. The molecule has 0 N–H and O–H groups in total. The Balaban J connectivity index is 2.46. The van der Waals surface area contributed by atoms with E-state index in [4.69, 9.17) is 11.6 Å². The summed E-state index contributed by atoms with van der Waals surface area (Å²) in [6, 6.07) is 0. The zero-order valence-corrected chi connectivity index (χ0v) is 6.16. The monoisotopic (exact) mass is 146 g/mol. The van der Waals surface area contributed by atoms with Crippen molar-refractivity contribution in [1.29, 1.82) is 0 Å². The molecule has 1 nitrogen and oxygen atoms in total. The SMILES string of the molecule is O=CC1(Cl)CCCCC1. The lowest BCUT2D eigenvalue weighted by Crippen LogP contribution is -2.25. The second-order valence-corrected chi connectivity index (χ2v) is 3.47. The van der Waals surface area contributed by atoms with Crippen LogP contribution in [0.25, 0.3) is 0 Å². The largest absolute Gasteiger partial charge is 0.301 e. The van der Waals surface area contributed by atoms with Gasteiger partial charge in [0.2, 0.25) is 0 Å². The Labute approximate surface area is 60.4 Å². The fraction of sp³-hybridized carbons (Fsp3) is 0.857. The van der Waals surface area contributed by atoms with Crippen molar-refractivity contribution in [1.82, 2.24) is 0 Å². The molecule has 0 heterocycles. The number of rotatable bonds is 1. The molecule has 0 atom stereocenters. The Bertz CT molecular complexity index is 105. The van der Waals surface area contributed by atoms with E-state index < -0.39 is 4.87 Å². The molecule has 52 valence electrons. The molecule has 0 bridgehead atoms. The van der Waals surface area contributed by atoms with Gasteiger partial charge < -0.3 is 4.79 Å². The predicted molar refractivity (Wildman–Crippen MR) is 37.7 cm³/mol. The van der Waals surface area contributed by atoms with Gasteiger partial charge in [-0.3, -0.25) is 0 Å². The molecule has 0 aliphatic heterocycles. The molecule has 9 heavy (non-hydrogen) atoms. The minimum atomic E-state index is -0.488. The van der Waals surface area contributed by atoms with E-state index in [2.05, 4.69) is 0 Å². The van der Waals surface area contributed by atoms with Crippen LogP contribution in [0.3, 0.4) is 0 Å². The van der Waals surface area contributed by atoms with Gasteiger partial charge in [0.05, 0.1) is 4.87 Å². The molecule has 1 rings (SSSR count). The van der Waals surface area contributed by atoms with E-state index in [1.54, 1.807) is 0 Å². The van der Waals surface area contributed by atoms with E-state index >= 15 is 0 Å². The molecule has 0 radical (unpaired) electrons. The van der Waals surface area contributed by atoms with Crippen LogP contribution in [0, 0.1) is 0 Å². The first-order valence-corrected chi connectivity index (χ1v) is 3.80. The summed E-state index contributed by atoms with van der Waals surface area (Å²) in [5.74, 6) is 0. The van der Waals surface area contributed by atoms with Crippen molar-refractivity contribution in [3.63, 3.8) is 0 Å². The van der Waals surface area contributed by atoms with Gasteiger partial charge in [-0.1, -0.05) is 19.3 Å². The highest BCUT2D eigenvalue weighted by molar-refractivity contribution is 6.31. The molecule has 0 spiro atoms. The summed E-state index contributed by atoms with van der Waals surface area (Å²) < 4.78 is 0. The Kier molecular flexibility index (Phi) is 2.12. The van der Waals surface area contributed by atoms with Gasteiger partial charge in [0, 0.05) is 0 Å². The highest BCUT2D eigenvalue weighted by Gasteiger charge is 2.28. The molecule has 1 fully saturated rings. The first-order valence-electron chi connectivity index (χ1n) is 3.42. The molecular formula is C7H11ClO. The molecular weight excluding hydrogens is 136 g/mol. The molecule has 0 saturated heterocycles. The zero-order valence-electron chi connectivity index (χ0n) is 5.40. The number of hydrogen-bond donors (Lipinski definition) is 0. The van der Waals surface area contributed by atoms with Crippen LogP contribution in [0.2, 0.25) is 0 Å². The van der Waals surface area contributed by atoms with E-state index in [0.29, 0.717) is 0 Å². The lowest BCUT2D eigenvalue weighted by atomic mass is 9.90. The van der Waals surface area contributed by atoms with Crippen LogP contribution in [0.1, 0.15) is 32.1 Å². The van der Waals surface area contributed by atoms with E-state index in [1.807, 2.05) is 0 Å². The van der Waals surface area contributed by atoms with Crippen molar-refractivity contribution in [3.8, 4) is 0 Å². The van der Waals surface area contributed by atoms with Crippen LogP contribution in [-0.4, -0.2) is 11.2 Å². The number of hydrogen-bond acceptors (Lipinski definition) is 1. The Morgan fingerprint density at radius 2 is 1.78 bits per heavy atom. The van der Waals surface area contributed by atoms with Gasteiger partial charge >= 0.3 is 0 Å². The minimum absolute atomic E-state index is 0.488. The fourth-order valence-electron chi connectivity index (χ4n) is 1.26. The van der Waals surface area contributed by atoms with Crippen LogP contribution >= 0.6 is 11.6 Å². The molecule has 0 aromatic rings. The van der Waals surface area contributed by atoms with E-state index in [9.17, 15) is 4.79 Å². The maximum atomic E-state index is 10.3. The summed E-state index contributed by atoms with van der Waals surface area (Å²) >= 11 is 5.89. The van der Waals surface area contributed by atoms with E-state index in [0.717, 1.165) is 32.0 Å². The Morgan fingerprint density at radius 3 is 2.11 bits per heavy atom. The molecule has 0 aromatic heterocycles. The van der Waals surface area contributed by atoms with Crippen molar-refractivity contribution in [2.75, 3.05) is 0 Å². The van der Waals surface area contributed by atoms with Crippen LogP contribution < -0.4 is 0 Å². The zero-order chi connectivity index (χ0) is 6.74. The third kappa shape index (κ3) is 1.68. The summed E-state index contributed by atoms with van der Waals surface area (Å²) in [4.78, 5) is 9.86. The third-order valence-electron chi connectivity index (χ3n) is 1.90. The first kappa shape index (κ1) is 7.07. The number of carbonyl (C=O) groups excluding carboxylic acids is 1. The van der Waals surface area contributed by atoms with Crippen LogP contribution in [0.15, 0.2) is 0 Å². The van der Waals surface area contributed by atoms with Gasteiger partial charge in [0.25, 0.3) is 0 Å². The van der Waals surface area contributed by atoms with Crippen LogP contribution in [0.5, 0.6) is 0 Å². The van der Waals surface area contributed by atoms with Crippen molar-refractivity contribution in [2.24, 2.45) is 0 Å². The maximum Gasteiger partial charge on any atom is 0.140 e. The Hall–Kier alpha value is -0.0400. The first-order chi connectivity index (χ1) is 4.27. The fourth-order valence-corrected chi connectivity index (χ4v) is 1.52. The number of aldehydes is 1. The average molecular weight is 147 g/mol. The van der Waals surface area contributed by atoms with Crippen LogP contribution in [0.4, 0.5) is 0 Å². The highest BCUT2D eigenvalue weighted by Crippen LogP contribution is 2.31. The quantitative estimate of drug-likeness (QED) is 0.409. The third-order valence-corrected chi connectivity index (χ3v) is 2.36. The molecule has 1 aliphatic carbocycles. The molecule has 0 unspecified atom stereocenters. The van der Waals surface area contributed by atoms with Crippen molar-refractivity contribution in [3.05, 3.63) is 0 Å². The summed E-state index contributed by atoms with van der Waals surface area (Å²) in [6.07, 6.45) is 6.11. The van der Waals surface area contributed by atoms with Gasteiger partial charge in [-0.25, -0.2) is 0 Å². The summed E-state index contributed by atoms with van der Waals surface area (Å²) in [6.45, 7) is 0. The summed E-state index contributed by atoms with van der Waals surface area (Å²) in [7, 11) is 0. The molecule has 2 heteroatoms.